The van der Waals surface area contributed by atoms with E-state index in [1.54, 1.807) is 0 Å². The molecule has 2 N–H and O–H groups in total. The molecule has 4 nitrogen and oxygen atoms in total. The summed E-state index contributed by atoms with van der Waals surface area (Å²) in [6.45, 7) is 6.74. The van der Waals surface area contributed by atoms with Crippen LogP contribution in [-0.4, -0.2) is 11.7 Å². The third-order valence-electron chi connectivity index (χ3n) is 5.04. The third kappa shape index (κ3) is 3.88. The van der Waals surface area contributed by atoms with Gasteiger partial charge < -0.3 is 15.2 Å². The fourth-order valence-electron chi connectivity index (χ4n) is 3.50. The van der Waals surface area contributed by atoms with Crippen LogP contribution in [0.4, 0.5) is 4.79 Å². The van der Waals surface area contributed by atoms with E-state index < -0.39 is 11.7 Å². The Labute approximate surface area is 162 Å². The molecule has 0 aliphatic heterocycles. The molecule has 2 aromatic carbocycles. The summed E-state index contributed by atoms with van der Waals surface area (Å²) in [4.78, 5) is 11.4. The Morgan fingerprint density at radius 1 is 1.23 bits per heavy atom. The molecule has 5 heteroatoms. The highest BCUT2D eigenvalue weighted by molar-refractivity contribution is 9.10. The summed E-state index contributed by atoms with van der Waals surface area (Å²) in [5.41, 5.74) is 6.83. The number of carbonyl (C=O) groups is 1. The van der Waals surface area contributed by atoms with Crippen molar-refractivity contribution in [1.82, 2.24) is 0 Å². The van der Waals surface area contributed by atoms with Crippen LogP contribution < -0.4 is 10.5 Å². The van der Waals surface area contributed by atoms with Crippen LogP contribution in [0.2, 0.25) is 0 Å². The second-order valence-electron chi connectivity index (χ2n) is 7.80. The molecular weight excluding hydrogens is 394 g/mol. The lowest BCUT2D eigenvalue weighted by atomic mass is 9.83. The van der Waals surface area contributed by atoms with Gasteiger partial charge >= 0.3 is 6.09 Å². The van der Waals surface area contributed by atoms with E-state index in [2.05, 4.69) is 36.7 Å². The van der Waals surface area contributed by atoms with Crippen LogP contribution in [0.1, 0.15) is 44.2 Å². The van der Waals surface area contributed by atoms with Crippen molar-refractivity contribution >= 4 is 22.0 Å². The molecule has 1 aliphatic rings. The van der Waals surface area contributed by atoms with Crippen molar-refractivity contribution in [2.45, 2.75) is 45.3 Å². The third-order valence-corrected chi connectivity index (χ3v) is 5.53. The van der Waals surface area contributed by atoms with E-state index in [-0.39, 0.29) is 11.3 Å². The van der Waals surface area contributed by atoms with Crippen molar-refractivity contribution in [2.24, 2.45) is 11.1 Å². The topological polar surface area (TPSA) is 61.5 Å². The predicted molar refractivity (Wildman–Crippen MR) is 105 cm³/mol. The lowest BCUT2D eigenvalue weighted by Gasteiger charge is -2.31. The first-order chi connectivity index (χ1) is 12.2. The molecule has 26 heavy (non-hydrogen) atoms. The van der Waals surface area contributed by atoms with Crippen LogP contribution in [-0.2, 0) is 11.3 Å². The summed E-state index contributed by atoms with van der Waals surface area (Å²) in [7, 11) is 0. The fourth-order valence-corrected chi connectivity index (χ4v) is 3.94. The Morgan fingerprint density at radius 2 is 1.92 bits per heavy atom. The van der Waals surface area contributed by atoms with E-state index in [4.69, 9.17) is 15.2 Å². The van der Waals surface area contributed by atoms with E-state index in [0.717, 1.165) is 27.8 Å². The quantitative estimate of drug-likeness (QED) is 0.708. The Morgan fingerprint density at radius 3 is 2.50 bits per heavy atom. The number of carbonyl (C=O) groups excluding carboxylic acids is 1. The first kappa shape index (κ1) is 18.8. The Bertz CT molecular complexity index is 798. The molecule has 0 bridgehead atoms. The van der Waals surface area contributed by atoms with Crippen molar-refractivity contribution in [3.05, 3.63) is 64.1 Å². The molecule has 1 saturated carbocycles. The van der Waals surface area contributed by atoms with Crippen LogP contribution >= 0.6 is 15.9 Å². The number of ether oxygens (including phenoxy) is 2. The Kier molecular flexibility index (Phi) is 5.02. The second-order valence-corrected chi connectivity index (χ2v) is 8.72. The van der Waals surface area contributed by atoms with Crippen LogP contribution in [0.5, 0.6) is 5.75 Å². The predicted octanol–water partition coefficient (Wildman–Crippen LogP) is 5.40. The lowest BCUT2D eigenvalue weighted by Crippen LogP contribution is -2.37. The van der Waals surface area contributed by atoms with Crippen LogP contribution in [0.3, 0.4) is 0 Å². The molecule has 0 unspecified atom stereocenters. The molecule has 2 aromatic rings. The molecule has 0 saturated heterocycles. The van der Waals surface area contributed by atoms with Gasteiger partial charge in [-0.05, 0) is 41.8 Å². The largest absolute Gasteiger partial charge is 0.489 e. The molecule has 0 aromatic heterocycles. The first-order valence-electron chi connectivity index (χ1n) is 8.67. The lowest BCUT2D eigenvalue weighted by molar-refractivity contribution is 0.0111. The molecule has 2 atom stereocenters. The monoisotopic (exact) mass is 417 g/mol. The highest BCUT2D eigenvalue weighted by Crippen LogP contribution is 2.63. The van der Waals surface area contributed by atoms with Crippen molar-refractivity contribution in [2.75, 3.05) is 0 Å². The number of amides is 1. The highest BCUT2D eigenvalue weighted by Gasteiger charge is 2.65. The van der Waals surface area contributed by atoms with Crippen LogP contribution in [0, 0.1) is 5.41 Å². The molecule has 0 heterocycles. The van der Waals surface area contributed by atoms with Gasteiger partial charge in [0.15, 0.2) is 0 Å². The number of hydrogen-bond donors (Lipinski definition) is 1. The maximum Gasteiger partial charge on any atom is 0.405 e. The summed E-state index contributed by atoms with van der Waals surface area (Å²) in [6.07, 6.45) is 0.0777. The summed E-state index contributed by atoms with van der Waals surface area (Å²) >= 11 is 3.46. The van der Waals surface area contributed by atoms with Gasteiger partial charge in [-0.15, -0.1) is 0 Å². The number of primary amides is 1. The number of halogens is 1. The minimum absolute atomic E-state index is 0.161. The van der Waals surface area contributed by atoms with Gasteiger partial charge in [0.25, 0.3) is 0 Å². The van der Waals surface area contributed by atoms with Gasteiger partial charge in [0, 0.05) is 15.8 Å². The van der Waals surface area contributed by atoms with Crippen molar-refractivity contribution in [3.8, 4) is 5.75 Å². The first-order valence-corrected chi connectivity index (χ1v) is 9.46. The van der Waals surface area contributed by atoms with Gasteiger partial charge in [-0.25, -0.2) is 4.79 Å². The summed E-state index contributed by atoms with van der Waals surface area (Å²) in [5.74, 6) is 0.973. The molecule has 138 valence electrons. The zero-order valence-corrected chi connectivity index (χ0v) is 16.9. The summed E-state index contributed by atoms with van der Waals surface area (Å²) in [5, 5.41) is 0. The van der Waals surface area contributed by atoms with E-state index in [0.29, 0.717) is 6.61 Å². The number of rotatable bonds is 5. The zero-order chi connectivity index (χ0) is 18.9. The summed E-state index contributed by atoms with van der Waals surface area (Å²) < 4.78 is 12.4. The maximum atomic E-state index is 11.4. The normalized spacial score (nSPS) is 21.9. The molecule has 1 fully saturated rings. The fraction of sp³-hybridized carbons (Fsp3) is 0.381. The maximum absolute atomic E-state index is 11.4. The van der Waals surface area contributed by atoms with E-state index in [1.165, 1.54) is 0 Å². The van der Waals surface area contributed by atoms with Gasteiger partial charge in [0.2, 0.25) is 0 Å². The number of nitrogens with two attached hydrogens (primary N) is 1. The molecular formula is C21H24BrNO3. The van der Waals surface area contributed by atoms with Crippen molar-refractivity contribution in [3.63, 3.8) is 0 Å². The van der Waals surface area contributed by atoms with Gasteiger partial charge in [-0.1, -0.05) is 61.0 Å². The zero-order valence-electron chi connectivity index (χ0n) is 15.3. The van der Waals surface area contributed by atoms with E-state index in [1.807, 2.05) is 48.5 Å². The van der Waals surface area contributed by atoms with Gasteiger partial charge in [0.05, 0.1) is 0 Å². The molecule has 0 radical (unpaired) electrons. The second kappa shape index (κ2) is 6.95. The average molecular weight is 418 g/mol. The van der Waals surface area contributed by atoms with Crippen LogP contribution in [0.25, 0.3) is 0 Å². The molecule has 1 aliphatic carbocycles. The average Bonchev–Trinajstić information content (AvgIpc) is 3.28. The Balaban J connectivity index is 1.67. The molecule has 3 rings (SSSR count). The van der Waals surface area contributed by atoms with Gasteiger partial charge in [-0.3, -0.25) is 0 Å². The number of benzene rings is 2. The SMILES string of the molecule is CC(C)(C)[C@@]1(OC(N)=O)C[C@H]1c1ccc(OCc2cccc(Br)c2)cc1. The molecule has 0 spiro atoms. The van der Waals surface area contributed by atoms with E-state index >= 15 is 0 Å². The smallest absolute Gasteiger partial charge is 0.405 e. The minimum Gasteiger partial charge on any atom is -0.489 e. The number of hydrogen-bond acceptors (Lipinski definition) is 3. The summed E-state index contributed by atoms with van der Waals surface area (Å²) in [6, 6.07) is 16.1. The Hall–Kier alpha value is -2.01. The minimum atomic E-state index is -0.712. The van der Waals surface area contributed by atoms with Crippen molar-refractivity contribution < 1.29 is 14.3 Å². The molecule has 1 amide bonds. The van der Waals surface area contributed by atoms with Gasteiger partial charge in [-0.2, -0.15) is 0 Å². The van der Waals surface area contributed by atoms with Crippen molar-refractivity contribution in [1.29, 1.82) is 0 Å². The highest BCUT2D eigenvalue weighted by atomic mass is 79.9. The van der Waals surface area contributed by atoms with Gasteiger partial charge in [0.1, 0.15) is 18.0 Å². The van der Waals surface area contributed by atoms with E-state index in [9.17, 15) is 4.79 Å². The standard InChI is InChI=1S/C21H24BrNO3/c1-20(2,3)21(26-19(23)24)12-18(21)15-7-9-17(10-8-15)25-13-14-5-4-6-16(22)11-14/h4-11,18H,12-13H2,1-3H3,(H2,23,24)/t18-,21+/m0/s1. The van der Waals surface area contributed by atoms with Crippen LogP contribution in [0.15, 0.2) is 53.0 Å².